The topological polar surface area (TPSA) is 90.1 Å². The zero-order valence-electron chi connectivity index (χ0n) is 16.5. The molecule has 0 saturated carbocycles. The van der Waals surface area contributed by atoms with Crippen LogP contribution in [0.3, 0.4) is 0 Å². The van der Waals surface area contributed by atoms with E-state index in [1.54, 1.807) is 6.07 Å². The summed E-state index contributed by atoms with van der Waals surface area (Å²) in [6.07, 6.45) is 3.83. The SMILES string of the molecule is CCCc1nc(CCC)n(Cc2ccc(-n3c(F)ccc3-c3nn[nH]n3)cc2)n1. The smallest absolute Gasteiger partial charge is 0.221 e. The van der Waals surface area contributed by atoms with Crippen LogP contribution in [0.4, 0.5) is 4.39 Å². The van der Waals surface area contributed by atoms with Crippen LogP contribution >= 0.6 is 0 Å². The Morgan fingerprint density at radius 3 is 2.48 bits per heavy atom. The van der Waals surface area contributed by atoms with E-state index in [-0.39, 0.29) is 5.95 Å². The Hall–Kier alpha value is -3.36. The molecule has 0 atom stereocenters. The van der Waals surface area contributed by atoms with Crippen molar-refractivity contribution in [1.29, 1.82) is 0 Å². The number of tetrazole rings is 1. The van der Waals surface area contributed by atoms with Crippen molar-refractivity contribution in [3.63, 3.8) is 0 Å². The molecule has 0 aliphatic carbocycles. The first-order chi connectivity index (χ1) is 14.2. The first-order valence-electron chi connectivity index (χ1n) is 9.82. The van der Waals surface area contributed by atoms with E-state index < -0.39 is 0 Å². The molecule has 1 aromatic carbocycles. The lowest BCUT2D eigenvalue weighted by molar-refractivity contribution is 0.561. The maximum atomic E-state index is 14.4. The summed E-state index contributed by atoms with van der Waals surface area (Å²) < 4.78 is 17.8. The van der Waals surface area contributed by atoms with Gasteiger partial charge in [0, 0.05) is 18.5 Å². The van der Waals surface area contributed by atoms with Crippen LogP contribution in [0.25, 0.3) is 17.2 Å². The Morgan fingerprint density at radius 1 is 1.00 bits per heavy atom. The monoisotopic (exact) mass is 394 g/mol. The van der Waals surface area contributed by atoms with Gasteiger partial charge in [0.1, 0.15) is 5.82 Å². The number of halogens is 1. The molecule has 0 amide bonds. The normalized spacial score (nSPS) is 11.3. The van der Waals surface area contributed by atoms with E-state index in [0.717, 1.165) is 42.9 Å². The van der Waals surface area contributed by atoms with Crippen LogP contribution in [0.15, 0.2) is 36.4 Å². The number of benzene rings is 1. The summed E-state index contributed by atoms with van der Waals surface area (Å²) in [6.45, 7) is 4.90. The molecule has 0 spiro atoms. The van der Waals surface area contributed by atoms with Crippen molar-refractivity contribution in [3.8, 4) is 17.2 Å². The van der Waals surface area contributed by atoms with Gasteiger partial charge in [-0.2, -0.15) is 14.7 Å². The van der Waals surface area contributed by atoms with Gasteiger partial charge < -0.3 is 0 Å². The molecule has 4 rings (SSSR count). The molecule has 0 radical (unpaired) electrons. The van der Waals surface area contributed by atoms with Crippen LogP contribution in [0.2, 0.25) is 0 Å². The number of rotatable bonds is 8. The molecule has 150 valence electrons. The second kappa shape index (κ2) is 8.34. The molecule has 9 heteroatoms. The molecule has 0 aliphatic heterocycles. The molecule has 0 saturated heterocycles. The summed E-state index contributed by atoms with van der Waals surface area (Å²) in [4.78, 5) is 4.67. The van der Waals surface area contributed by atoms with Gasteiger partial charge in [0.2, 0.25) is 5.82 Å². The summed E-state index contributed by atoms with van der Waals surface area (Å²) in [5.74, 6) is 1.86. The Bertz CT molecular complexity index is 1060. The van der Waals surface area contributed by atoms with Crippen molar-refractivity contribution < 1.29 is 4.39 Å². The van der Waals surface area contributed by atoms with Gasteiger partial charge >= 0.3 is 0 Å². The van der Waals surface area contributed by atoms with E-state index >= 15 is 0 Å². The third-order valence-electron chi connectivity index (χ3n) is 4.67. The summed E-state index contributed by atoms with van der Waals surface area (Å²) >= 11 is 0. The van der Waals surface area contributed by atoms with Gasteiger partial charge in [-0.3, -0.25) is 4.57 Å². The van der Waals surface area contributed by atoms with Crippen LogP contribution in [0.1, 0.15) is 43.9 Å². The fourth-order valence-corrected chi connectivity index (χ4v) is 3.33. The zero-order valence-corrected chi connectivity index (χ0v) is 16.5. The summed E-state index contributed by atoms with van der Waals surface area (Å²) in [6, 6.07) is 10.7. The maximum absolute atomic E-state index is 14.4. The third kappa shape index (κ3) is 3.94. The standard InChI is InChI=1S/C20H23FN8/c1-3-5-18-22-19(6-4-2)28(25-18)13-14-7-9-15(10-8-14)29-16(11-12-17(29)21)20-23-26-27-24-20/h7-12H,3-6,13H2,1-2H3,(H,23,24,26,27). The number of hydrogen-bond donors (Lipinski definition) is 1. The Kier molecular flexibility index (Phi) is 5.46. The quantitative estimate of drug-likeness (QED) is 0.495. The Balaban J connectivity index is 1.59. The summed E-state index contributed by atoms with van der Waals surface area (Å²) in [5, 5.41) is 18.5. The van der Waals surface area contributed by atoms with Crippen LogP contribution in [-0.2, 0) is 19.4 Å². The lowest BCUT2D eigenvalue weighted by atomic mass is 10.2. The van der Waals surface area contributed by atoms with Crippen LogP contribution in [0.5, 0.6) is 0 Å². The highest BCUT2D eigenvalue weighted by Gasteiger charge is 2.15. The maximum Gasteiger partial charge on any atom is 0.221 e. The van der Waals surface area contributed by atoms with Gasteiger partial charge in [-0.1, -0.05) is 26.0 Å². The predicted octanol–water partition coefficient (Wildman–Crippen LogP) is 3.34. The zero-order chi connectivity index (χ0) is 20.2. The first-order valence-corrected chi connectivity index (χ1v) is 9.82. The largest absolute Gasteiger partial charge is 0.283 e. The van der Waals surface area contributed by atoms with E-state index in [4.69, 9.17) is 0 Å². The third-order valence-corrected chi connectivity index (χ3v) is 4.67. The molecular formula is C20H23FN8. The number of aryl methyl sites for hydroxylation is 2. The second-order valence-electron chi connectivity index (χ2n) is 6.88. The Labute approximate surface area is 167 Å². The van der Waals surface area contributed by atoms with Gasteiger partial charge in [0.15, 0.2) is 11.8 Å². The number of H-pyrrole nitrogens is 1. The summed E-state index contributed by atoms with van der Waals surface area (Å²) in [7, 11) is 0. The van der Waals surface area contributed by atoms with Crippen LogP contribution < -0.4 is 0 Å². The van der Waals surface area contributed by atoms with Crippen molar-refractivity contribution >= 4 is 0 Å². The highest BCUT2D eigenvalue weighted by atomic mass is 19.1. The average Bonchev–Trinajstić information content (AvgIpc) is 3.44. The fourth-order valence-electron chi connectivity index (χ4n) is 3.33. The number of hydrogen-bond acceptors (Lipinski definition) is 5. The van der Waals surface area contributed by atoms with Crippen LogP contribution in [0, 0.1) is 5.95 Å². The molecule has 0 fully saturated rings. The minimum Gasteiger partial charge on any atom is -0.283 e. The van der Waals surface area contributed by atoms with Gasteiger partial charge in [-0.05, 0) is 47.9 Å². The molecule has 3 heterocycles. The molecule has 8 nitrogen and oxygen atoms in total. The number of aromatic nitrogens is 8. The molecule has 0 aliphatic rings. The van der Waals surface area contributed by atoms with Crippen molar-refractivity contribution in [2.45, 2.75) is 46.1 Å². The average molecular weight is 394 g/mol. The van der Waals surface area contributed by atoms with Gasteiger partial charge in [-0.15, -0.1) is 10.2 Å². The van der Waals surface area contributed by atoms with E-state index in [2.05, 4.69) is 44.6 Å². The molecule has 29 heavy (non-hydrogen) atoms. The number of nitrogens with zero attached hydrogens (tertiary/aromatic N) is 7. The van der Waals surface area contributed by atoms with Crippen molar-refractivity contribution in [1.82, 2.24) is 40.0 Å². The van der Waals surface area contributed by atoms with Crippen molar-refractivity contribution in [3.05, 3.63) is 59.6 Å². The molecule has 4 aromatic rings. The first kappa shape index (κ1) is 19.0. The molecule has 3 aromatic heterocycles. The molecule has 0 bridgehead atoms. The minimum atomic E-state index is -0.386. The van der Waals surface area contributed by atoms with E-state index in [9.17, 15) is 4.39 Å². The fraction of sp³-hybridized carbons (Fsp3) is 0.350. The lowest BCUT2D eigenvalue weighted by Crippen LogP contribution is -2.07. The Morgan fingerprint density at radius 2 is 1.79 bits per heavy atom. The van der Waals surface area contributed by atoms with E-state index in [0.29, 0.717) is 23.8 Å². The number of nitrogens with one attached hydrogen (secondary N) is 1. The van der Waals surface area contributed by atoms with Crippen molar-refractivity contribution in [2.24, 2.45) is 0 Å². The highest BCUT2D eigenvalue weighted by molar-refractivity contribution is 5.55. The van der Waals surface area contributed by atoms with E-state index in [1.165, 1.54) is 10.6 Å². The van der Waals surface area contributed by atoms with Crippen LogP contribution in [-0.4, -0.2) is 40.0 Å². The number of aromatic amines is 1. The molecule has 0 unspecified atom stereocenters. The van der Waals surface area contributed by atoms with E-state index in [1.807, 2.05) is 28.9 Å². The minimum absolute atomic E-state index is 0.341. The summed E-state index contributed by atoms with van der Waals surface area (Å²) in [5.41, 5.74) is 2.30. The van der Waals surface area contributed by atoms with Gasteiger partial charge in [0.25, 0.3) is 0 Å². The molecular weight excluding hydrogens is 371 g/mol. The predicted molar refractivity (Wildman–Crippen MR) is 106 cm³/mol. The molecule has 1 N–H and O–H groups in total. The van der Waals surface area contributed by atoms with Crippen molar-refractivity contribution in [2.75, 3.05) is 0 Å². The van der Waals surface area contributed by atoms with Gasteiger partial charge in [0.05, 0.1) is 12.2 Å². The highest BCUT2D eigenvalue weighted by Crippen LogP contribution is 2.23. The second-order valence-corrected chi connectivity index (χ2v) is 6.88. The lowest BCUT2D eigenvalue weighted by Gasteiger charge is -2.10. The van der Waals surface area contributed by atoms with Gasteiger partial charge in [-0.25, -0.2) is 9.67 Å².